The molecule has 1 spiro atoms. The van der Waals surface area contributed by atoms with Gasteiger partial charge in [-0.1, -0.05) is 24.3 Å². The minimum absolute atomic E-state index is 0.0590. The van der Waals surface area contributed by atoms with E-state index < -0.39 is 6.04 Å². The van der Waals surface area contributed by atoms with Crippen molar-refractivity contribution in [2.75, 3.05) is 25.0 Å². The van der Waals surface area contributed by atoms with Crippen LogP contribution in [0.3, 0.4) is 0 Å². The Morgan fingerprint density at radius 1 is 1.08 bits per heavy atom. The van der Waals surface area contributed by atoms with Crippen LogP contribution in [0.15, 0.2) is 48.8 Å². The lowest BCUT2D eigenvalue weighted by atomic mass is 9.73. The van der Waals surface area contributed by atoms with Crippen molar-refractivity contribution < 1.29 is 14.4 Å². The summed E-state index contributed by atoms with van der Waals surface area (Å²) in [5.74, 6) is -0.752. The number of carbonyl (C=O) groups is 3. The fourth-order valence-corrected chi connectivity index (χ4v) is 6.90. The van der Waals surface area contributed by atoms with Gasteiger partial charge in [0.25, 0.3) is 5.91 Å². The van der Waals surface area contributed by atoms with Gasteiger partial charge in [-0.3, -0.25) is 29.3 Å². The van der Waals surface area contributed by atoms with E-state index in [1.807, 2.05) is 30.2 Å². The van der Waals surface area contributed by atoms with Gasteiger partial charge in [0, 0.05) is 67.1 Å². The molecule has 9 nitrogen and oxygen atoms in total. The van der Waals surface area contributed by atoms with Gasteiger partial charge in [-0.15, -0.1) is 0 Å². The normalized spacial score (nSPS) is 22.1. The molecule has 1 aromatic heterocycles. The van der Waals surface area contributed by atoms with Gasteiger partial charge in [-0.05, 0) is 61.2 Å². The molecule has 2 N–H and O–H groups in total. The van der Waals surface area contributed by atoms with Crippen molar-refractivity contribution in [1.29, 1.82) is 0 Å². The van der Waals surface area contributed by atoms with E-state index in [1.54, 1.807) is 4.90 Å². The minimum Gasteiger partial charge on any atom is -0.384 e. The molecule has 0 saturated carbocycles. The third kappa shape index (κ3) is 4.03. The number of nitrogens with one attached hydrogen (secondary N) is 2. The van der Waals surface area contributed by atoms with Gasteiger partial charge in [-0.25, -0.2) is 0 Å². The molecule has 5 heterocycles. The van der Waals surface area contributed by atoms with E-state index in [2.05, 4.69) is 51.0 Å². The predicted molar refractivity (Wildman–Crippen MR) is 146 cm³/mol. The number of fused-ring (bicyclic) bond motifs is 4. The summed E-state index contributed by atoms with van der Waals surface area (Å²) >= 11 is 0. The third-order valence-electron chi connectivity index (χ3n) is 9.08. The third-order valence-corrected chi connectivity index (χ3v) is 9.08. The largest absolute Gasteiger partial charge is 0.384 e. The molecule has 3 amide bonds. The van der Waals surface area contributed by atoms with Gasteiger partial charge in [-0.2, -0.15) is 5.10 Å². The van der Waals surface area contributed by atoms with Crippen LogP contribution < -0.4 is 10.6 Å². The van der Waals surface area contributed by atoms with Crippen LogP contribution in [0, 0.1) is 0 Å². The molecule has 2 fully saturated rings. The fraction of sp³-hybridized carbons (Fsp3) is 0.400. The quantitative estimate of drug-likeness (QED) is 0.510. The summed E-state index contributed by atoms with van der Waals surface area (Å²) in [7, 11) is 1.94. The SMILES string of the molecule is Cn1cc(-c2cccc(CN3CCC4(CC3)CNc3c4ccc4c3CN(C3CCC(=O)NC3=O)C4=O)c2)cn1. The fourth-order valence-electron chi connectivity index (χ4n) is 6.90. The Hall–Kier alpha value is -3.98. The van der Waals surface area contributed by atoms with Crippen molar-refractivity contribution in [3.63, 3.8) is 0 Å². The maximum Gasteiger partial charge on any atom is 0.255 e. The highest BCUT2D eigenvalue weighted by Gasteiger charge is 2.46. The van der Waals surface area contributed by atoms with Gasteiger partial charge in [0.2, 0.25) is 11.8 Å². The average Bonchev–Trinajstić information content (AvgIpc) is 3.62. The van der Waals surface area contributed by atoms with Crippen molar-refractivity contribution in [3.05, 3.63) is 71.0 Å². The molecule has 3 aromatic rings. The van der Waals surface area contributed by atoms with Gasteiger partial charge < -0.3 is 10.2 Å². The van der Waals surface area contributed by atoms with Crippen LogP contribution >= 0.6 is 0 Å². The molecule has 9 heteroatoms. The number of anilines is 1. The van der Waals surface area contributed by atoms with Gasteiger partial charge >= 0.3 is 0 Å². The second-order valence-corrected chi connectivity index (χ2v) is 11.4. The Labute approximate surface area is 227 Å². The first kappa shape index (κ1) is 24.1. The van der Waals surface area contributed by atoms with Crippen LogP contribution in [0.2, 0.25) is 0 Å². The summed E-state index contributed by atoms with van der Waals surface area (Å²) in [4.78, 5) is 41.5. The van der Waals surface area contributed by atoms with E-state index >= 15 is 0 Å². The lowest BCUT2D eigenvalue weighted by Crippen LogP contribution is -2.52. The topological polar surface area (TPSA) is 99.6 Å². The number of aryl methyl sites for hydroxylation is 1. The second-order valence-electron chi connectivity index (χ2n) is 11.4. The zero-order valence-electron chi connectivity index (χ0n) is 22.1. The van der Waals surface area contributed by atoms with Gasteiger partial charge in [0.15, 0.2) is 0 Å². The van der Waals surface area contributed by atoms with Crippen molar-refractivity contribution in [3.8, 4) is 11.1 Å². The molecular weight excluding hydrogens is 492 g/mol. The van der Waals surface area contributed by atoms with Crippen molar-refractivity contribution in [2.24, 2.45) is 7.05 Å². The number of piperidine rings is 2. The molecule has 4 aliphatic rings. The molecule has 200 valence electrons. The highest BCUT2D eigenvalue weighted by Crippen LogP contribution is 2.48. The molecule has 0 aliphatic carbocycles. The lowest BCUT2D eigenvalue weighted by Gasteiger charge is -2.39. The Morgan fingerprint density at radius 3 is 2.69 bits per heavy atom. The Bertz CT molecular complexity index is 1500. The highest BCUT2D eigenvalue weighted by molar-refractivity contribution is 6.06. The number of benzene rings is 2. The Balaban J connectivity index is 1.05. The van der Waals surface area contributed by atoms with Crippen LogP contribution in [0.5, 0.6) is 0 Å². The van der Waals surface area contributed by atoms with E-state index in [9.17, 15) is 14.4 Å². The first-order valence-corrected chi connectivity index (χ1v) is 13.8. The molecule has 39 heavy (non-hydrogen) atoms. The first-order valence-electron chi connectivity index (χ1n) is 13.8. The predicted octanol–water partition coefficient (Wildman–Crippen LogP) is 2.81. The van der Waals surface area contributed by atoms with Crippen LogP contribution in [0.1, 0.15) is 52.7 Å². The number of hydrogen-bond acceptors (Lipinski definition) is 6. The van der Waals surface area contributed by atoms with E-state index in [-0.39, 0.29) is 29.6 Å². The molecule has 1 atom stereocenters. The number of nitrogens with zero attached hydrogens (tertiary/aromatic N) is 4. The van der Waals surface area contributed by atoms with Crippen LogP contribution in [0.4, 0.5) is 5.69 Å². The van der Waals surface area contributed by atoms with E-state index in [0.717, 1.165) is 55.8 Å². The molecule has 1 unspecified atom stereocenters. The smallest absolute Gasteiger partial charge is 0.255 e. The van der Waals surface area contributed by atoms with E-state index in [0.29, 0.717) is 18.5 Å². The highest BCUT2D eigenvalue weighted by atomic mass is 16.2. The summed E-state index contributed by atoms with van der Waals surface area (Å²) < 4.78 is 1.83. The Morgan fingerprint density at radius 2 is 1.92 bits per heavy atom. The maximum absolute atomic E-state index is 13.2. The maximum atomic E-state index is 13.2. The second kappa shape index (κ2) is 9.05. The van der Waals surface area contributed by atoms with Gasteiger partial charge in [0.05, 0.1) is 6.20 Å². The number of rotatable bonds is 4. The number of likely N-dealkylation sites (tertiary alicyclic amines) is 1. The van der Waals surface area contributed by atoms with Crippen LogP contribution in [0.25, 0.3) is 11.1 Å². The zero-order chi connectivity index (χ0) is 26.7. The Kier molecular flexibility index (Phi) is 5.59. The van der Waals surface area contributed by atoms with Crippen molar-refractivity contribution >= 4 is 23.4 Å². The molecular formula is C30H32N6O3. The monoisotopic (exact) mass is 524 g/mol. The van der Waals surface area contributed by atoms with Crippen LogP contribution in [-0.4, -0.2) is 63.0 Å². The standard InChI is InChI=1S/C30H32N6O3/c1-34-16-21(14-32-34)20-4-2-3-19(13-20)15-35-11-9-30(10-12-35)18-31-27-23-17-36(25-7-8-26(37)33-28(25)38)29(39)22(23)5-6-24(27)30/h2-6,13-14,16,25,31H,7-12,15,17-18H2,1H3,(H,33,37,38). The van der Waals surface area contributed by atoms with Crippen molar-refractivity contribution in [2.45, 2.75) is 50.2 Å². The lowest BCUT2D eigenvalue weighted by molar-refractivity contribution is -0.136. The summed E-state index contributed by atoms with van der Waals surface area (Å²) in [6, 6.07) is 12.2. The molecule has 0 bridgehead atoms. The molecule has 7 rings (SSSR count). The first-order chi connectivity index (χ1) is 18.9. The average molecular weight is 525 g/mol. The number of imide groups is 1. The molecule has 4 aliphatic heterocycles. The number of amides is 3. The molecule has 0 radical (unpaired) electrons. The van der Waals surface area contributed by atoms with E-state index in [1.165, 1.54) is 16.7 Å². The summed E-state index contributed by atoms with van der Waals surface area (Å²) in [5.41, 5.74) is 7.74. The van der Waals surface area contributed by atoms with Crippen molar-refractivity contribution in [1.82, 2.24) is 24.9 Å². The number of carbonyl (C=O) groups excluding carboxylic acids is 3. The molecule has 2 aromatic carbocycles. The van der Waals surface area contributed by atoms with Crippen LogP contribution in [-0.2, 0) is 35.1 Å². The zero-order valence-corrected chi connectivity index (χ0v) is 22.1. The molecule has 2 saturated heterocycles. The summed E-state index contributed by atoms with van der Waals surface area (Å²) in [6.45, 7) is 4.22. The van der Waals surface area contributed by atoms with E-state index in [4.69, 9.17) is 0 Å². The number of hydrogen-bond donors (Lipinski definition) is 2. The summed E-state index contributed by atoms with van der Waals surface area (Å²) in [6.07, 6.45) is 6.70. The van der Waals surface area contributed by atoms with Gasteiger partial charge in [0.1, 0.15) is 6.04 Å². The number of aromatic nitrogens is 2. The minimum atomic E-state index is -0.589. The summed E-state index contributed by atoms with van der Waals surface area (Å²) in [5, 5.41) is 10.4.